The van der Waals surface area contributed by atoms with Crippen LogP contribution in [0.3, 0.4) is 0 Å². The van der Waals surface area contributed by atoms with Gasteiger partial charge in [0, 0.05) is 18.4 Å². The van der Waals surface area contributed by atoms with Gasteiger partial charge in [-0.2, -0.15) is 8.78 Å². The van der Waals surface area contributed by atoms with E-state index in [4.69, 9.17) is 0 Å². The zero-order valence-electron chi connectivity index (χ0n) is 9.79. The van der Waals surface area contributed by atoms with Crippen molar-refractivity contribution in [3.05, 3.63) is 18.2 Å². The number of halogens is 2. The summed E-state index contributed by atoms with van der Waals surface area (Å²) in [5, 5.41) is 12.1. The number of hydrogen-bond donors (Lipinski definition) is 1. The molecule has 1 fully saturated rings. The van der Waals surface area contributed by atoms with Crippen molar-refractivity contribution in [1.82, 2.24) is 19.7 Å². The molecule has 1 aliphatic rings. The molecule has 1 saturated carbocycles. The zero-order valence-corrected chi connectivity index (χ0v) is 11.4. The molecule has 19 heavy (non-hydrogen) atoms. The van der Waals surface area contributed by atoms with E-state index in [0.29, 0.717) is 17.6 Å². The summed E-state index contributed by atoms with van der Waals surface area (Å²) in [7, 11) is 0. The van der Waals surface area contributed by atoms with Crippen molar-refractivity contribution in [1.29, 1.82) is 0 Å². The molecule has 0 saturated heterocycles. The molecule has 0 aliphatic heterocycles. The number of thioether (sulfide) groups is 1. The highest BCUT2D eigenvalue weighted by Gasteiger charge is 2.22. The van der Waals surface area contributed by atoms with Gasteiger partial charge in [0.1, 0.15) is 5.82 Å². The van der Waals surface area contributed by atoms with Gasteiger partial charge in [-0.05, 0) is 12.8 Å². The summed E-state index contributed by atoms with van der Waals surface area (Å²) in [4.78, 5) is 3.92. The molecule has 3 rings (SSSR count). The van der Waals surface area contributed by atoms with Crippen LogP contribution in [0.15, 0.2) is 16.7 Å². The normalized spacial score (nSPS) is 15.1. The first kappa shape index (κ1) is 12.8. The van der Waals surface area contributed by atoms with Crippen molar-refractivity contribution in [3.8, 4) is 0 Å². The monoisotopic (exact) mass is 303 g/mol. The minimum atomic E-state index is -2.56. The van der Waals surface area contributed by atoms with E-state index in [1.807, 2.05) is 0 Å². The van der Waals surface area contributed by atoms with E-state index in [1.54, 1.807) is 0 Å². The fourth-order valence-electron chi connectivity index (χ4n) is 1.49. The Hall–Kier alpha value is -1.22. The largest absolute Gasteiger partial charge is 0.357 e. The van der Waals surface area contributed by atoms with Crippen LogP contribution in [0.25, 0.3) is 0 Å². The summed E-state index contributed by atoms with van der Waals surface area (Å²) in [6, 6.07) is 0.531. The first-order chi connectivity index (χ1) is 9.22. The summed E-state index contributed by atoms with van der Waals surface area (Å²) >= 11 is 2.81. The van der Waals surface area contributed by atoms with Crippen LogP contribution in [0, 0.1) is 0 Å². The summed E-state index contributed by atoms with van der Waals surface area (Å²) in [5.41, 5.74) is 0. The van der Waals surface area contributed by atoms with Crippen molar-refractivity contribution in [2.75, 3.05) is 5.32 Å². The number of anilines is 1. The number of rotatable bonds is 6. The Balaban J connectivity index is 1.58. The van der Waals surface area contributed by atoms with Gasteiger partial charge in [0.15, 0.2) is 4.34 Å². The Labute approximate surface area is 116 Å². The number of hydrogen-bond acceptors (Lipinski definition) is 6. The minimum absolute atomic E-state index is 0.340. The Morgan fingerprint density at radius 1 is 1.47 bits per heavy atom. The van der Waals surface area contributed by atoms with Gasteiger partial charge >= 0.3 is 6.55 Å². The third kappa shape index (κ3) is 3.21. The predicted molar refractivity (Wildman–Crippen MR) is 69.6 cm³/mol. The highest BCUT2D eigenvalue weighted by Crippen LogP contribution is 2.31. The number of alkyl halides is 2. The molecular weight excluding hydrogens is 292 g/mol. The molecule has 102 valence electrons. The lowest BCUT2D eigenvalue weighted by Gasteiger charge is -2.04. The molecule has 5 nitrogen and oxygen atoms in total. The third-order valence-electron chi connectivity index (χ3n) is 2.60. The molecule has 2 heterocycles. The second-order valence-corrected chi connectivity index (χ2v) is 6.31. The molecule has 0 amide bonds. The maximum Gasteiger partial charge on any atom is 0.319 e. The van der Waals surface area contributed by atoms with Gasteiger partial charge in [-0.3, -0.25) is 4.57 Å². The standard InChI is InChI=1S/C10H11F2N5S2/c11-8(12)17-4-3-13-7(17)5-18-10-16-15-9(19-10)14-6-1-2-6/h3-4,6,8H,1-2,5H2,(H,14,15). The molecule has 0 atom stereocenters. The molecular formula is C10H11F2N5S2. The molecule has 1 aliphatic carbocycles. The van der Waals surface area contributed by atoms with Crippen LogP contribution < -0.4 is 5.32 Å². The molecule has 1 N–H and O–H groups in total. The maximum absolute atomic E-state index is 12.6. The summed E-state index contributed by atoms with van der Waals surface area (Å²) in [6.07, 6.45) is 5.00. The van der Waals surface area contributed by atoms with Crippen LogP contribution in [0.4, 0.5) is 13.9 Å². The SMILES string of the molecule is FC(F)n1ccnc1CSc1nnc(NC2CC2)s1. The average Bonchev–Trinajstić information content (AvgIpc) is 2.91. The van der Waals surface area contributed by atoms with E-state index in [2.05, 4.69) is 20.5 Å². The topological polar surface area (TPSA) is 55.6 Å². The Bertz CT molecular complexity index is 552. The van der Waals surface area contributed by atoms with Gasteiger partial charge in [-0.15, -0.1) is 10.2 Å². The zero-order chi connectivity index (χ0) is 13.2. The third-order valence-corrected chi connectivity index (χ3v) is 4.58. The molecule has 0 bridgehead atoms. The van der Waals surface area contributed by atoms with E-state index >= 15 is 0 Å². The molecule has 0 aromatic carbocycles. The van der Waals surface area contributed by atoms with Crippen molar-refractivity contribution < 1.29 is 8.78 Å². The van der Waals surface area contributed by atoms with Gasteiger partial charge < -0.3 is 5.32 Å². The van der Waals surface area contributed by atoms with Crippen molar-refractivity contribution in [2.45, 2.75) is 35.5 Å². The highest BCUT2D eigenvalue weighted by molar-refractivity contribution is 8.00. The van der Waals surface area contributed by atoms with Crippen LogP contribution in [0.5, 0.6) is 0 Å². The smallest absolute Gasteiger partial charge is 0.319 e. The molecule has 0 radical (unpaired) electrons. The summed E-state index contributed by atoms with van der Waals surface area (Å²) < 4.78 is 26.9. The quantitative estimate of drug-likeness (QED) is 0.831. The van der Waals surface area contributed by atoms with Gasteiger partial charge in [0.25, 0.3) is 0 Å². The van der Waals surface area contributed by atoms with Crippen molar-refractivity contribution >= 4 is 28.2 Å². The van der Waals surface area contributed by atoms with Gasteiger partial charge in [-0.25, -0.2) is 4.98 Å². The average molecular weight is 303 g/mol. The fraction of sp³-hybridized carbons (Fsp3) is 0.500. The van der Waals surface area contributed by atoms with E-state index in [-0.39, 0.29) is 0 Å². The maximum atomic E-state index is 12.6. The first-order valence-electron chi connectivity index (χ1n) is 5.75. The number of nitrogens with zero attached hydrogens (tertiary/aromatic N) is 4. The summed E-state index contributed by atoms with van der Waals surface area (Å²) in [5.74, 6) is 0.696. The molecule has 0 spiro atoms. The van der Waals surface area contributed by atoms with E-state index in [1.165, 1.54) is 48.3 Å². The van der Waals surface area contributed by atoms with E-state index in [0.717, 1.165) is 14.0 Å². The molecule has 2 aromatic rings. The van der Waals surface area contributed by atoms with E-state index < -0.39 is 6.55 Å². The number of aromatic nitrogens is 4. The lowest BCUT2D eigenvalue weighted by atomic mass is 10.7. The lowest BCUT2D eigenvalue weighted by Crippen LogP contribution is -2.01. The predicted octanol–water partition coefficient (Wildman–Crippen LogP) is 3.00. The van der Waals surface area contributed by atoms with Crippen LogP contribution >= 0.6 is 23.1 Å². The minimum Gasteiger partial charge on any atom is -0.357 e. The number of imidazole rings is 1. The van der Waals surface area contributed by atoms with Crippen LogP contribution in [-0.2, 0) is 5.75 Å². The van der Waals surface area contributed by atoms with Gasteiger partial charge in [0.05, 0.1) is 5.75 Å². The fourth-order valence-corrected chi connectivity index (χ4v) is 3.27. The second kappa shape index (κ2) is 5.41. The van der Waals surface area contributed by atoms with Crippen LogP contribution in [-0.4, -0.2) is 25.8 Å². The van der Waals surface area contributed by atoms with Crippen molar-refractivity contribution in [2.24, 2.45) is 0 Å². The Morgan fingerprint density at radius 2 is 2.32 bits per heavy atom. The Kier molecular flexibility index (Phi) is 3.65. The molecule has 2 aromatic heterocycles. The molecule has 9 heteroatoms. The second-order valence-electron chi connectivity index (χ2n) is 4.11. The first-order valence-corrected chi connectivity index (χ1v) is 7.55. The summed E-state index contributed by atoms with van der Waals surface area (Å²) in [6.45, 7) is -2.56. The van der Waals surface area contributed by atoms with Crippen LogP contribution in [0.1, 0.15) is 25.2 Å². The highest BCUT2D eigenvalue weighted by atomic mass is 32.2. The lowest BCUT2D eigenvalue weighted by molar-refractivity contribution is 0.0678. The number of nitrogens with one attached hydrogen (secondary N) is 1. The van der Waals surface area contributed by atoms with Crippen molar-refractivity contribution in [3.63, 3.8) is 0 Å². The van der Waals surface area contributed by atoms with Gasteiger partial charge in [0.2, 0.25) is 5.13 Å². The van der Waals surface area contributed by atoms with Gasteiger partial charge in [-0.1, -0.05) is 23.1 Å². The molecule has 0 unspecified atom stereocenters. The Morgan fingerprint density at radius 3 is 3.05 bits per heavy atom. The van der Waals surface area contributed by atoms with Crippen LogP contribution in [0.2, 0.25) is 0 Å². The van der Waals surface area contributed by atoms with E-state index in [9.17, 15) is 8.78 Å².